The molecule has 2 aliphatic rings. The molecule has 10 aromatic rings. The minimum atomic E-state index is 0.632. The molecule has 0 N–H and O–H groups in total. The van der Waals surface area contributed by atoms with E-state index in [9.17, 15) is 0 Å². The number of hydrogen-bond acceptors (Lipinski definition) is 0. The van der Waals surface area contributed by atoms with E-state index in [2.05, 4.69) is 314 Å². The van der Waals surface area contributed by atoms with Gasteiger partial charge in [0.2, 0.25) is 0 Å². The van der Waals surface area contributed by atoms with Crippen LogP contribution in [-0.4, -0.2) is 0 Å². The largest absolute Gasteiger partial charge is 0.0837 e. The summed E-state index contributed by atoms with van der Waals surface area (Å²) < 4.78 is 0. The second-order valence-corrected chi connectivity index (χ2v) is 19.2. The molecule has 0 nitrogen and oxygen atoms in total. The van der Waals surface area contributed by atoms with E-state index in [1.165, 1.54) is 0 Å². The third-order valence-electron chi connectivity index (χ3n) is 14.1. The van der Waals surface area contributed by atoms with Crippen molar-refractivity contribution in [2.24, 2.45) is 0 Å². The van der Waals surface area contributed by atoms with Gasteiger partial charge in [-0.1, -0.05) is 351 Å². The van der Waals surface area contributed by atoms with Crippen molar-refractivity contribution in [2.45, 2.75) is 0 Å². The summed E-state index contributed by atoms with van der Waals surface area (Å²) in [7, 11) is 0. The lowest BCUT2D eigenvalue weighted by Gasteiger charge is -2.15. The van der Waals surface area contributed by atoms with Gasteiger partial charge in [-0.2, -0.15) is 0 Å². The van der Waals surface area contributed by atoms with Crippen LogP contribution < -0.4 is 0 Å². The molecule has 0 heterocycles. The summed E-state index contributed by atoms with van der Waals surface area (Å²) in [5.74, 6) is 30.4. The molecule has 0 saturated heterocycles. The summed E-state index contributed by atoms with van der Waals surface area (Å²) in [4.78, 5) is 0. The molecular weight excluding hydrogens is 961 g/mol. The van der Waals surface area contributed by atoms with Gasteiger partial charge < -0.3 is 0 Å². The van der Waals surface area contributed by atoms with Gasteiger partial charge in [0.25, 0.3) is 0 Å². The summed E-state index contributed by atoms with van der Waals surface area (Å²) in [5, 5.41) is 0. The van der Waals surface area contributed by atoms with Crippen LogP contribution in [0.3, 0.4) is 0 Å². The van der Waals surface area contributed by atoms with Crippen LogP contribution in [0.1, 0.15) is 55.6 Å². The van der Waals surface area contributed by atoms with E-state index in [1.54, 1.807) is 0 Å². The van der Waals surface area contributed by atoms with Gasteiger partial charge in [0, 0.05) is 22.3 Å². The van der Waals surface area contributed by atoms with Crippen molar-refractivity contribution in [1.82, 2.24) is 0 Å². The fourth-order valence-corrected chi connectivity index (χ4v) is 10.6. The first-order valence-corrected chi connectivity index (χ1v) is 26.9. The minimum absolute atomic E-state index is 0.632. The highest BCUT2D eigenvalue weighted by molar-refractivity contribution is 6.35. The van der Waals surface area contributed by atoms with Crippen LogP contribution in [0.2, 0.25) is 0 Å². The molecule has 0 heteroatoms. The monoisotopic (exact) mass is 1010 g/mol. The van der Waals surface area contributed by atoms with Crippen LogP contribution in [0, 0.1) is 47.4 Å². The van der Waals surface area contributed by atoms with E-state index < -0.39 is 0 Å². The third kappa shape index (κ3) is 10.7. The molecule has 0 aromatic heterocycles. The van der Waals surface area contributed by atoms with Gasteiger partial charge in [0.05, 0.1) is 22.3 Å². The summed E-state index contributed by atoms with van der Waals surface area (Å²) in [5.41, 5.74) is 20.6. The Morgan fingerprint density at radius 1 is 0.163 bits per heavy atom. The molecule has 0 aliphatic heterocycles. The molecule has 0 saturated carbocycles. The van der Waals surface area contributed by atoms with Crippen LogP contribution in [0.25, 0.3) is 39.0 Å². The zero-order chi connectivity index (χ0) is 53.7. The number of rotatable bonds is 10. The Kier molecular flexibility index (Phi) is 14.8. The minimum Gasteiger partial charge on any atom is -0.0622 e. The van der Waals surface area contributed by atoms with Gasteiger partial charge in [0.1, 0.15) is 0 Å². The molecule has 0 amide bonds. The lowest BCUT2D eigenvalue weighted by molar-refractivity contribution is 1.52. The molecule has 0 atom stereocenters. The lowest BCUT2D eigenvalue weighted by atomic mass is 9.87. The van der Waals surface area contributed by atoms with Gasteiger partial charge in [-0.05, 0) is 77.9 Å². The first-order chi connectivity index (χ1) is 39.8. The van der Waals surface area contributed by atoms with E-state index in [0.717, 1.165) is 100 Å². The standard InChI is InChI=1S/C80H50/c1-11-31-59(32-12-1)73(60-33-13-2-14-34-60)69-51-53-70(74(61-35-15-3-16-36-61)62-37-17-4-18-38-62)55-57-72(58-56-71(54-52-69)75(63-39-19-5-20-40-63)64-41-21-6-22-42-64)80-78(67-47-27-9-28-48-67)76(65-43-23-7-24-44-65)77(66-45-25-8-26-46-66)79(80)68-49-29-10-30-50-68/h1-50H. The molecule has 0 unspecified atom stereocenters. The highest BCUT2D eigenvalue weighted by atomic mass is 14.4. The van der Waals surface area contributed by atoms with Crippen LogP contribution in [0.5, 0.6) is 0 Å². The molecular formula is C80H50. The maximum Gasteiger partial charge on any atom is 0.0837 e. The first-order valence-electron chi connectivity index (χ1n) is 26.9. The van der Waals surface area contributed by atoms with Crippen molar-refractivity contribution in [3.8, 4) is 47.4 Å². The Hall–Kier alpha value is -11.1. The van der Waals surface area contributed by atoms with Gasteiger partial charge in [0.15, 0.2) is 0 Å². The Morgan fingerprint density at radius 3 is 0.525 bits per heavy atom. The second-order valence-electron chi connectivity index (χ2n) is 19.2. The van der Waals surface area contributed by atoms with E-state index in [0.29, 0.717) is 22.3 Å². The van der Waals surface area contributed by atoms with Crippen molar-refractivity contribution in [2.75, 3.05) is 0 Å². The Balaban J connectivity index is 1.31. The summed E-state index contributed by atoms with van der Waals surface area (Å²) >= 11 is 0. The third-order valence-corrected chi connectivity index (χ3v) is 14.1. The molecule has 0 fully saturated rings. The first kappa shape index (κ1) is 49.7. The molecule has 12 rings (SSSR count). The smallest absolute Gasteiger partial charge is 0.0622 e. The van der Waals surface area contributed by atoms with Crippen molar-refractivity contribution >= 4 is 39.0 Å². The predicted molar refractivity (Wildman–Crippen MR) is 334 cm³/mol. The number of allylic oxidation sites excluding steroid dienone is 9. The second kappa shape index (κ2) is 23.8. The van der Waals surface area contributed by atoms with Gasteiger partial charge in [-0.15, -0.1) is 0 Å². The van der Waals surface area contributed by atoms with Crippen molar-refractivity contribution in [3.05, 3.63) is 387 Å². The molecule has 80 heavy (non-hydrogen) atoms. The van der Waals surface area contributed by atoms with Crippen LogP contribution in [0.4, 0.5) is 0 Å². The fraction of sp³-hybridized carbons (Fsp3) is 0. The number of benzene rings is 10. The lowest BCUT2D eigenvalue weighted by Crippen LogP contribution is -1.98. The molecule has 2 aliphatic carbocycles. The van der Waals surface area contributed by atoms with Gasteiger partial charge in [-0.3, -0.25) is 0 Å². The SMILES string of the molecule is C1#CC(=C(c2ccccc2)c2ccccc2)C#CC(=C(c2ccccc2)c2ccccc2)C#CC(=C(c2ccccc2)c2ccccc2)C#CC1=C1C(c2ccccc2)=C(c2ccccc2)C(c2ccccc2)=C1c1ccccc1. The maximum atomic E-state index is 3.88. The maximum absolute atomic E-state index is 3.88. The van der Waals surface area contributed by atoms with Crippen molar-refractivity contribution in [3.63, 3.8) is 0 Å². The zero-order valence-electron chi connectivity index (χ0n) is 43.9. The van der Waals surface area contributed by atoms with Crippen molar-refractivity contribution < 1.29 is 0 Å². The molecule has 370 valence electrons. The highest BCUT2D eigenvalue weighted by Gasteiger charge is 2.34. The summed E-state index contributed by atoms with van der Waals surface area (Å²) in [6, 6.07) is 106. The predicted octanol–water partition coefficient (Wildman–Crippen LogP) is 18.1. The molecule has 0 radical (unpaired) electrons. The van der Waals surface area contributed by atoms with E-state index in [1.807, 2.05) is 36.4 Å². The summed E-state index contributed by atoms with van der Waals surface area (Å²) in [6.07, 6.45) is 0. The normalized spacial score (nSPS) is 12.8. The van der Waals surface area contributed by atoms with Crippen LogP contribution >= 0.6 is 0 Å². The van der Waals surface area contributed by atoms with Crippen LogP contribution in [0.15, 0.2) is 331 Å². The molecule has 0 bridgehead atoms. The highest BCUT2D eigenvalue weighted by Crippen LogP contribution is 2.55. The Morgan fingerprint density at radius 2 is 0.325 bits per heavy atom. The Bertz CT molecular complexity index is 3980. The average Bonchev–Trinajstić information content (AvgIpc) is 4.01. The van der Waals surface area contributed by atoms with Crippen molar-refractivity contribution in [1.29, 1.82) is 0 Å². The Labute approximate surface area is 470 Å². The quantitative estimate of drug-likeness (QED) is 0.120. The molecule has 10 aromatic carbocycles. The van der Waals surface area contributed by atoms with E-state index in [4.69, 9.17) is 0 Å². The number of hydrogen-bond donors (Lipinski definition) is 0. The molecule has 0 spiro atoms. The van der Waals surface area contributed by atoms with E-state index >= 15 is 0 Å². The zero-order valence-corrected chi connectivity index (χ0v) is 43.9. The van der Waals surface area contributed by atoms with Crippen LogP contribution in [-0.2, 0) is 0 Å². The topological polar surface area (TPSA) is 0 Å². The van der Waals surface area contributed by atoms with E-state index in [-0.39, 0.29) is 0 Å². The van der Waals surface area contributed by atoms with Gasteiger partial charge >= 0.3 is 0 Å². The average molecular weight is 1010 g/mol. The summed E-state index contributed by atoms with van der Waals surface area (Å²) in [6.45, 7) is 0. The van der Waals surface area contributed by atoms with Gasteiger partial charge in [-0.25, -0.2) is 0 Å². The fourth-order valence-electron chi connectivity index (χ4n) is 10.6.